The highest BCUT2D eigenvalue weighted by atomic mass is 15.2. The average Bonchev–Trinajstić information content (AvgIpc) is 2.30. The summed E-state index contributed by atoms with van der Waals surface area (Å²) < 4.78 is 0. The molecule has 1 aliphatic rings. The van der Waals surface area contributed by atoms with Crippen LogP contribution in [0, 0.1) is 5.92 Å². The van der Waals surface area contributed by atoms with Gasteiger partial charge < -0.3 is 10.6 Å². The van der Waals surface area contributed by atoms with Crippen molar-refractivity contribution < 1.29 is 0 Å². The zero-order valence-electron chi connectivity index (χ0n) is 9.89. The van der Waals surface area contributed by atoms with Crippen molar-refractivity contribution >= 4 is 11.6 Å². The highest BCUT2D eigenvalue weighted by molar-refractivity contribution is 5.40. The number of hydrogen-bond donors (Lipinski definition) is 1. The van der Waals surface area contributed by atoms with Crippen LogP contribution in [-0.4, -0.2) is 23.6 Å². The summed E-state index contributed by atoms with van der Waals surface area (Å²) in [6.07, 6.45) is 10.2. The second kappa shape index (κ2) is 5.14. The van der Waals surface area contributed by atoms with Crippen molar-refractivity contribution in [3.05, 3.63) is 12.4 Å². The van der Waals surface area contributed by atoms with Crippen LogP contribution in [0.3, 0.4) is 0 Å². The van der Waals surface area contributed by atoms with Crippen LogP contribution in [-0.2, 0) is 0 Å². The van der Waals surface area contributed by atoms with E-state index < -0.39 is 0 Å². The second-order valence-corrected chi connectivity index (χ2v) is 4.69. The van der Waals surface area contributed by atoms with Gasteiger partial charge in [-0.25, -0.2) is 4.98 Å². The highest BCUT2D eigenvalue weighted by Gasteiger charge is 2.16. The van der Waals surface area contributed by atoms with Crippen molar-refractivity contribution in [1.82, 2.24) is 9.97 Å². The molecular formula is C12H20N4. The van der Waals surface area contributed by atoms with E-state index in [0.717, 1.165) is 18.3 Å². The molecule has 1 saturated carbocycles. The maximum absolute atomic E-state index is 5.63. The lowest BCUT2D eigenvalue weighted by atomic mass is 9.89. The third-order valence-electron chi connectivity index (χ3n) is 3.29. The van der Waals surface area contributed by atoms with Gasteiger partial charge >= 0.3 is 0 Å². The lowest BCUT2D eigenvalue weighted by Gasteiger charge is -2.27. The fourth-order valence-electron chi connectivity index (χ4n) is 2.40. The first-order chi connectivity index (χ1) is 7.75. The zero-order valence-corrected chi connectivity index (χ0v) is 9.89. The topological polar surface area (TPSA) is 55.0 Å². The fraction of sp³-hybridized carbons (Fsp3) is 0.667. The number of nitrogens with two attached hydrogens (primary N) is 1. The first kappa shape index (κ1) is 11.2. The summed E-state index contributed by atoms with van der Waals surface area (Å²) in [5.74, 6) is 2.18. The van der Waals surface area contributed by atoms with Crippen LogP contribution in [0.5, 0.6) is 0 Å². The second-order valence-electron chi connectivity index (χ2n) is 4.69. The van der Waals surface area contributed by atoms with Gasteiger partial charge in [0, 0.05) is 13.6 Å². The van der Waals surface area contributed by atoms with Crippen LogP contribution in [0.1, 0.15) is 32.1 Å². The van der Waals surface area contributed by atoms with E-state index in [1.807, 2.05) is 0 Å². The predicted octanol–water partition coefficient (Wildman–Crippen LogP) is 2.08. The molecule has 1 aromatic rings. The number of hydrogen-bond acceptors (Lipinski definition) is 4. The Hall–Kier alpha value is -1.32. The normalized spacial score (nSPS) is 17.3. The molecule has 0 aliphatic heterocycles. The summed E-state index contributed by atoms with van der Waals surface area (Å²) in [6.45, 7) is 1.07. The number of rotatable bonds is 3. The molecule has 1 heterocycles. The molecule has 0 bridgehead atoms. The lowest BCUT2D eigenvalue weighted by Crippen LogP contribution is -2.27. The molecule has 4 nitrogen and oxygen atoms in total. The van der Waals surface area contributed by atoms with Crippen molar-refractivity contribution in [1.29, 1.82) is 0 Å². The van der Waals surface area contributed by atoms with Gasteiger partial charge in [0.05, 0.1) is 12.4 Å². The zero-order chi connectivity index (χ0) is 11.4. The van der Waals surface area contributed by atoms with Crippen LogP contribution in [0.15, 0.2) is 12.4 Å². The number of anilines is 2. The monoisotopic (exact) mass is 220 g/mol. The Bertz CT molecular complexity index is 334. The summed E-state index contributed by atoms with van der Waals surface area (Å²) in [7, 11) is 2.07. The first-order valence-corrected chi connectivity index (χ1v) is 6.04. The van der Waals surface area contributed by atoms with Crippen LogP contribution in [0.25, 0.3) is 0 Å². The highest BCUT2D eigenvalue weighted by Crippen LogP contribution is 2.25. The van der Waals surface area contributed by atoms with E-state index in [4.69, 9.17) is 5.73 Å². The summed E-state index contributed by atoms with van der Waals surface area (Å²) in [6, 6.07) is 0. The molecule has 0 amide bonds. The Balaban J connectivity index is 1.94. The van der Waals surface area contributed by atoms with Crippen molar-refractivity contribution in [3.63, 3.8) is 0 Å². The van der Waals surface area contributed by atoms with Gasteiger partial charge in [-0.05, 0) is 18.8 Å². The molecule has 1 aliphatic carbocycles. The quantitative estimate of drug-likeness (QED) is 0.847. The van der Waals surface area contributed by atoms with Crippen molar-refractivity contribution in [2.45, 2.75) is 32.1 Å². The molecule has 1 aromatic heterocycles. The molecule has 1 fully saturated rings. The minimum Gasteiger partial charge on any atom is -0.382 e. The van der Waals surface area contributed by atoms with Crippen LogP contribution >= 0.6 is 0 Å². The standard InChI is InChI=1S/C12H20N4/c1-16(9-10-5-3-2-4-6-10)12-8-14-7-11(13)15-12/h7-8,10H,2-6,9H2,1H3,(H2,13,15). The molecule has 0 spiro atoms. The number of aromatic nitrogens is 2. The molecule has 0 saturated heterocycles. The van der Waals surface area contributed by atoms with E-state index in [-0.39, 0.29) is 0 Å². The van der Waals surface area contributed by atoms with Crippen LogP contribution < -0.4 is 10.6 Å². The molecule has 2 N–H and O–H groups in total. The maximum Gasteiger partial charge on any atom is 0.149 e. The van der Waals surface area contributed by atoms with Gasteiger partial charge in [-0.1, -0.05) is 19.3 Å². The third kappa shape index (κ3) is 2.84. The Kier molecular flexibility index (Phi) is 3.59. The van der Waals surface area contributed by atoms with E-state index in [2.05, 4.69) is 21.9 Å². The van der Waals surface area contributed by atoms with E-state index in [9.17, 15) is 0 Å². The van der Waals surface area contributed by atoms with Gasteiger partial charge in [-0.3, -0.25) is 4.98 Å². The summed E-state index contributed by atoms with van der Waals surface area (Å²) in [5.41, 5.74) is 5.63. The van der Waals surface area contributed by atoms with E-state index in [1.165, 1.54) is 32.1 Å². The molecule has 0 unspecified atom stereocenters. The van der Waals surface area contributed by atoms with Crippen molar-refractivity contribution in [2.24, 2.45) is 5.92 Å². The van der Waals surface area contributed by atoms with Gasteiger partial charge in [0.1, 0.15) is 11.6 Å². The SMILES string of the molecule is CN(CC1CCCCC1)c1cncc(N)n1. The fourth-order valence-corrected chi connectivity index (χ4v) is 2.40. The van der Waals surface area contributed by atoms with Gasteiger partial charge in [0.2, 0.25) is 0 Å². The van der Waals surface area contributed by atoms with Crippen molar-refractivity contribution in [3.8, 4) is 0 Å². The Morgan fingerprint density at radius 2 is 2.06 bits per heavy atom. The van der Waals surface area contributed by atoms with E-state index in [1.54, 1.807) is 12.4 Å². The van der Waals surface area contributed by atoms with Gasteiger partial charge in [-0.2, -0.15) is 0 Å². The lowest BCUT2D eigenvalue weighted by molar-refractivity contribution is 0.361. The first-order valence-electron chi connectivity index (χ1n) is 6.04. The smallest absolute Gasteiger partial charge is 0.149 e. The van der Waals surface area contributed by atoms with Crippen LogP contribution in [0.4, 0.5) is 11.6 Å². The number of nitrogen functional groups attached to an aromatic ring is 1. The largest absolute Gasteiger partial charge is 0.382 e. The molecule has 0 aromatic carbocycles. The number of nitrogens with zero attached hydrogens (tertiary/aromatic N) is 3. The van der Waals surface area contributed by atoms with Crippen molar-refractivity contribution in [2.75, 3.05) is 24.2 Å². The molecule has 0 radical (unpaired) electrons. The maximum atomic E-state index is 5.63. The molecule has 4 heteroatoms. The average molecular weight is 220 g/mol. The van der Waals surface area contributed by atoms with E-state index >= 15 is 0 Å². The molecule has 16 heavy (non-hydrogen) atoms. The summed E-state index contributed by atoms with van der Waals surface area (Å²) in [5, 5.41) is 0. The minimum absolute atomic E-state index is 0.494. The molecule has 88 valence electrons. The summed E-state index contributed by atoms with van der Waals surface area (Å²) >= 11 is 0. The van der Waals surface area contributed by atoms with Gasteiger partial charge in [0.15, 0.2) is 0 Å². The van der Waals surface area contributed by atoms with E-state index in [0.29, 0.717) is 5.82 Å². The Morgan fingerprint density at radius 1 is 1.31 bits per heavy atom. The Labute approximate surface area is 96.9 Å². The third-order valence-corrected chi connectivity index (χ3v) is 3.29. The van der Waals surface area contributed by atoms with Gasteiger partial charge in [-0.15, -0.1) is 0 Å². The molecule has 0 atom stereocenters. The minimum atomic E-state index is 0.494. The summed E-state index contributed by atoms with van der Waals surface area (Å²) in [4.78, 5) is 10.5. The molecule has 2 rings (SSSR count). The van der Waals surface area contributed by atoms with Gasteiger partial charge in [0.25, 0.3) is 0 Å². The predicted molar refractivity (Wildman–Crippen MR) is 66.3 cm³/mol. The Morgan fingerprint density at radius 3 is 2.75 bits per heavy atom. The van der Waals surface area contributed by atoms with Crippen LogP contribution in [0.2, 0.25) is 0 Å². The molecular weight excluding hydrogens is 200 g/mol.